The summed E-state index contributed by atoms with van der Waals surface area (Å²) in [4.78, 5) is 23.5. The molecule has 1 heterocycles. The highest BCUT2D eigenvalue weighted by atomic mass is 19.4. The highest BCUT2D eigenvalue weighted by Gasteiger charge is 2.66. The number of halogens is 3. The average Bonchev–Trinajstić information content (AvgIpc) is 3.35. The smallest absolute Gasteiger partial charge is 0.442 e. The van der Waals surface area contributed by atoms with E-state index in [2.05, 4.69) is 15.5 Å². The van der Waals surface area contributed by atoms with Crippen molar-refractivity contribution >= 4 is 11.9 Å². The highest BCUT2D eigenvalue weighted by molar-refractivity contribution is 5.94. The van der Waals surface area contributed by atoms with Gasteiger partial charge < -0.3 is 10.4 Å². The number of carbonyl (C=O) groups is 2. The first-order chi connectivity index (χ1) is 13.6. The van der Waals surface area contributed by atoms with Gasteiger partial charge in [-0.25, -0.2) is 0 Å². The molecule has 3 fully saturated rings. The van der Waals surface area contributed by atoms with Crippen LogP contribution in [0.3, 0.4) is 0 Å². The van der Waals surface area contributed by atoms with Crippen molar-refractivity contribution in [3.05, 3.63) is 35.4 Å². The second kappa shape index (κ2) is 5.58. The lowest BCUT2D eigenvalue weighted by atomic mass is 9.37. The predicted molar refractivity (Wildman–Crippen MR) is 94.0 cm³/mol. The van der Waals surface area contributed by atoms with E-state index in [9.17, 15) is 22.8 Å². The van der Waals surface area contributed by atoms with Crippen LogP contribution < -0.4 is 5.32 Å². The lowest BCUT2D eigenvalue weighted by Crippen LogP contribution is -2.63. The second-order valence-corrected chi connectivity index (χ2v) is 9.33. The van der Waals surface area contributed by atoms with Gasteiger partial charge in [-0.1, -0.05) is 12.1 Å². The van der Waals surface area contributed by atoms with Gasteiger partial charge in [-0.2, -0.15) is 13.2 Å². The molecule has 2 N–H and O–H groups in total. The monoisotopic (exact) mass is 407 g/mol. The summed E-state index contributed by atoms with van der Waals surface area (Å²) in [7, 11) is 0. The van der Waals surface area contributed by atoms with Crippen molar-refractivity contribution in [1.29, 1.82) is 0 Å². The molecular weight excluding hydrogens is 387 g/mol. The quantitative estimate of drug-likeness (QED) is 0.790. The van der Waals surface area contributed by atoms with Crippen LogP contribution in [0, 0.1) is 16.7 Å². The van der Waals surface area contributed by atoms with Crippen molar-refractivity contribution in [2.24, 2.45) is 27.0 Å². The van der Waals surface area contributed by atoms with Crippen molar-refractivity contribution < 1.29 is 27.9 Å². The van der Waals surface area contributed by atoms with E-state index in [1.54, 1.807) is 0 Å². The Morgan fingerprint density at radius 2 is 1.69 bits per heavy atom. The van der Waals surface area contributed by atoms with Gasteiger partial charge in [0.15, 0.2) is 0 Å². The molecule has 29 heavy (non-hydrogen) atoms. The standard InChI is InChI=1S/C20H20F3N3O3/c21-20(22,23)19(25-26-19)13-3-1-2-11(4-13)15(27)24-14-7-18(8-14)9-17(10-18)5-12(6-17)16(28)29/h1-4,12,14H,5-10H2,(H,24,27)(H,28,29). The molecule has 3 saturated carbocycles. The van der Waals surface area contributed by atoms with Crippen molar-refractivity contribution in [3.63, 3.8) is 0 Å². The summed E-state index contributed by atoms with van der Waals surface area (Å²) < 4.78 is 39.5. The van der Waals surface area contributed by atoms with Crippen LogP contribution in [0.2, 0.25) is 0 Å². The molecule has 0 bridgehead atoms. The number of amides is 1. The number of carboxylic acid groups (broad SMARTS) is 1. The number of aliphatic carboxylic acids is 1. The second-order valence-electron chi connectivity index (χ2n) is 9.33. The Labute approximate surface area is 164 Å². The summed E-state index contributed by atoms with van der Waals surface area (Å²) in [5, 5.41) is 18.3. The molecule has 1 aromatic rings. The van der Waals surface area contributed by atoms with Crippen LogP contribution in [0.25, 0.3) is 0 Å². The zero-order chi connectivity index (χ0) is 20.7. The van der Waals surface area contributed by atoms with Crippen LogP contribution in [-0.4, -0.2) is 29.2 Å². The molecule has 5 rings (SSSR count). The molecular formula is C20H20F3N3O3. The maximum atomic E-state index is 13.2. The molecule has 1 aliphatic heterocycles. The van der Waals surface area contributed by atoms with Crippen LogP contribution >= 0.6 is 0 Å². The molecule has 6 nitrogen and oxygen atoms in total. The normalized spacial score (nSPS) is 36.1. The van der Waals surface area contributed by atoms with Crippen LogP contribution in [0.1, 0.15) is 54.4 Å². The van der Waals surface area contributed by atoms with Gasteiger partial charge in [-0.05, 0) is 61.5 Å². The third kappa shape index (κ3) is 2.77. The van der Waals surface area contributed by atoms with Gasteiger partial charge in [-0.3, -0.25) is 9.59 Å². The van der Waals surface area contributed by atoms with E-state index in [0.717, 1.165) is 38.5 Å². The molecule has 2 spiro atoms. The van der Waals surface area contributed by atoms with Gasteiger partial charge in [0.05, 0.1) is 5.92 Å². The minimum Gasteiger partial charge on any atom is -0.481 e. The number of carboxylic acids is 1. The van der Waals surface area contributed by atoms with Gasteiger partial charge >= 0.3 is 17.8 Å². The number of hydrogen-bond donors (Lipinski definition) is 2. The van der Waals surface area contributed by atoms with Crippen LogP contribution in [0.4, 0.5) is 13.2 Å². The van der Waals surface area contributed by atoms with Crippen molar-refractivity contribution in [2.75, 3.05) is 0 Å². The largest absolute Gasteiger partial charge is 0.481 e. The van der Waals surface area contributed by atoms with Gasteiger partial charge in [0.2, 0.25) is 0 Å². The zero-order valence-electron chi connectivity index (χ0n) is 15.5. The zero-order valence-corrected chi connectivity index (χ0v) is 15.5. The van der Waals surface area contributed by atoms with Crippen molar-refractivity contribution in [1.82, 2.24) is 5.32 Å². The Morgan fingerprint density at radius 1 is 1.07 bits per heavy atom. The van der Waals surface area contributed by atoms with E-state index < -0.39 is 23.7 Å². The van der Waals surface area contributed by atoms with E-state index in [4.69, 9.17) is 5.11 Å². The number of nitrogens with one attached hydrogen (secondary N) is 1. The molecule has 1 aromatic carbocycles. The minimum atomic E-state index is -4.62. The third-order valence-electron chi connectivity index (χ3n) is 7.12. The van der Waals surface area contributed by atoms with Gasteiger partial charge in [-0.15, -0.1) is 10.2 Å². The molecule has 3 aliphatic carbocycles. The first-order valence-electron chi connectivity index (χ1n) is 9.71. The molecule has 0 aromatic heterocycles. The molecule has 0 atom stereocenters. The number of nitrogens with zero attached hydrogens (tertiary/aromatic N) is 2. The molecule has 9 heteroatoms. The summed E-state index contributed by atoms with van der Waals surface area (Å²) in [5.41, 5.74) is -2.12. The van der Waals surface area contributed by atoms with Crippen LogP contribution in [0.15, 0.2) is 34.5 Å². The fourth-order valence-corrected chi connectivity index (χ4v) is 5.95. The van der Waals surface area contributed by atoms with Crippen molar-refractivity contribution in [3.8, 4) is 0 Å². The lowest BCUT2D eigenvalue weighted by molar-refractivity contribution is -0.187. The summed E-state index contributed by atoms with van der Waals surface area (Å²) in [5.74, 6) is -1.31. The van der Waals surface area contributed by atoms with E-state index >= 15 is 0 Å². The first-order valence-corrected chi connectivity index (χ1v) is 9.71. The van der Waals surface area contributed by atoms with Gasteiger partial charge in [0.1, 0.15) is 0 Å². The number of benzene rings is 1. The topological polar surface area (TPSA) is 91.1 Å². The molecule has 0 radical (unpaired) electrons. The van der Waals surface area contributed by atoms with Gasteiger partial charge in [0.25, 0.3) is 5.91 Å². The third-order valence-corrected chi connectivity index (χ3v) is 7.12. The predicted octanol–water partition coefficient (Wildman–Crippen LogP) is 4.02. The number of carbonyl (C=O) groups excluding carboxylic acids is 1. The molecule has 0 unspecified atom stereocenters. The summed E-state index contributed by atoms with van der Waals surface area (Å²) >= 11 is 0. The van der Waals surface area contributed by atoms with E-state index in [1.165, 1.54) is 24.3 Å². The Hall–Kier alpha value is -2.45. The Kier molecular flexibility index (Phi) is 3.57. The fourth-order valence-electron chi connectivity index (χ4n) is 5.95. The number of hydrogen-bond acceptors (Lipinski definition) is 4. The SMILES string of the molecule is O=C(NC1CC2(C1)CC1(CC(C(=O)O)C1)C2)c1cccc(C2(C(F)(F)F)N=N2)c1. The Bertz CT molecular complexity index is 914. The number of alkyl halides is 3. The Morgan fingerprint density at radius 3 is 2.24 bits per heavy atom. The molecule has 0 saturated heterocycles. The highest BCUT2D eigenvalue weighted by Crippen LogP contribution is 2.72. The fraction of sp³-hybridized carbons (Fsp3) is 0.600. The molecule has 154 valence electrons. The van der Waals surface area contributed by atoms with Crippen molar-refractivity contribution in [2.45, 2.75) is 56.4 Å². The van der Waals surface area contributed by atoms with E-state index in [0.29, 0.717) is 0 Å². The molecule has 4 aliphatic rings. The van der Waals surface area contributed by atoms with E-state index in [1.807, 2.05) is 0 Å². The summed E-state index contributed by atoms with van der Waals surface area (Å²) in [6.07, 6.45) is 0.607. The minimum absolute atomic E-state index is 0.00531. The maximum absolute atomic E-state index is 13.2. The lowest BCUT2D eigenvalue weighted by Gasteiger charge is -2.68. The first kappa shape index (κ1) is 18.6. The Balaban J connectivity index is 1.16. The molecule has 1 amide bonds. The summed E-state index contributed by atoms with van der Waals surface area (Å²) in [6, 6.07) is 5.38. The van der Waals surface area contributed by atoms with Gasteiger partial charge in [0, 0.05) is 17.2 Å². The number of rotatable bonds is 4. The maximum Gasteiger partial charge on any atom is 0.442 e. The van der Waals surface area contributed by atoms with Crippen LogP contribution in [-0.2, 0) is 10.5 Å². The van der Waals surface area contributed by atoms with E-state index in [-0.39, 0.29) is 33.9 Å². The average molecular weight is 407 g/mol. The van der Waals surface area contributed by atoms with Crippen LogP contribution in [0.5, 0.6) is 0 Å². The summed E-state index contributed by atoms with van der Waals surface area (Å²) in [6.45, 7) is 0.